The van der Waals surface area contributed by atoms with Gasteiger partial charge in [-0.1, -0.05) is 6.07 Å². The van der Waals surface area contributed by atoms with Crippen molar-refractivity contribution >= 4 is 11.3 Å². The van der Waals surface area contributed by atoms with Crippen molar-refractivity contribution in [2.45, 2.75) is 26.4 Å². The maximum absolute atomic E-state index is 9.67. The molecule has 0 saturated carbocycles. The van der Waals surface area contributed by atoms with E-state index < -0.39 is 0 Å². The summed E-state index contributed by atoms with van der Waals surface area (Å²) in [6, 6.07) is 4.75. The Morgan fingerprint density at radius 1 is 1.39 bits per heavy atom. The van der Waals surface area contributed by atoms with Crippen molar-refractivity contribution < 1.29 is 10.2 Å². The molecule has 1 unspecified atom stereocenters. The summed E-state index contributed by atoms with van der Waals surface area (Å²) < 4.78 is 0. The first kappa shape index (κ1) is 12.9. The Bertz CT molecular complexity index is 540. The van der Waals surface area contributed by atoms with E-state index in [1.807, 2.05) is 19.2 Å². The first-order valence-corrected chi connectivity index (χ1v) is 6.60. The number of phenolic OH excluding ortho intramolecular Hbond substituents is 2. The van der Waals surface area contributed by atoms with Crippen LogP contribution in [0.15, 0.2) is 23.6 Å². The number of hydrogen-bond donors (Lipinski definition) is 3. The molecule has 1 atom stereocenters. The van der Waals surface area contributed by atoms with Gasteiger partial charge in [0.15, 0.2) is 0 Å². The van der Waals surface area contributed by atoms with Gasteiger partial charge in [-0.2, -0.15) is 0 Å². The molecule has 0 amide bonds. The molecule has 0 fully saturated rings. The van der Waals surface area contributed by atoms with Crippen molar-refractivity contribution in [2.75, 3.05) is 0 Å². The zero-order valence-electron chi connectivity index (χ0n) is 10.3. The summed E-state index contributed by atoms with van der Waals surface area (Å²) in [5.74, 6) is 0.171. The molecule has 4 nitrogen and oxygen atoms in total. The van der Waals surface area contributed by atoms with E-state index in [1.54, 1.807) is 23.5 Å². The molecule has 1 aromatic carbocycles. The first-order chi connectivity index (χ1) is 8.56. The normalized spacial score (nSPS) is 12.6. The lowest BCUT2D eigenvalue weighted by molar-refractivity contribution is 0.441. The molecule has 0 saturated heterocycles. The van der Waals surface area contributed by atoms with Gasteiger partial charge in [0.05, 0.1) is 6.04 Å². The number of aromatic hydroxyl groups is 2. The number of nitrogens with one attached hydrogen (secondary N) is 1. The average molecular weight is 264 g/mol. The quantitative estimate of drug-likeness (QED) is 0.794. The second kappa shape index (κ2) is 5.37. The maximum atomic E-state index is 9.67. The number of thiazole rings is 1. The highest BCUT2D eigenvalue weighted by Gasteiger charge is 2.10. The standard InChI is InChI=1S/C13H16N2O2S/c1-8-7-18-13(15-8)9(2)14-6-10-3-4-11(16)5-12(10)17/h3-5,7,9,14,16-17H,6H2,1-2H3. The summed E-state index contributed by atoms with van der Waals surface area (Å²) in [4.78, 5) is 4.41. The molecular weight excluding hydrogens is 248 g/mol. The Balaban J connectivity index is 1.99. The smallest absolute Gasteiger partial charge is 0.123 e. The lowest BCUT2D eigenvalue weighted by Crippen LogP contribution is -2.18. The molecular formula is C13H16N2O2S. The van der Waals surface area contributed by atoms with Gasteiger partial charge in [0.25, 0.3) is 0 Å². The van der Waals surface area contributed by atoms with Crippen LogP contribution in [0.4, 0.5) is 0 Å². The van der Waals surface area contributed by atoms with Crippen molar-refractivity contribution in [3.63, 3.8) is 0 Å². The minimum Gasteiger partial charge on any atom is -0.508 e. The highest BCUT2D eigenvalue weighted by Crippen LogP contribution is 2.24. The third kappa shape index (κ3) is 3.00. The number of nitrogens with zero attached hydrogens (tertiary/aromatic N) is 1. The lowest BCUT2D eigenvalue weighted by atomic mass is 10.2. The van der Waals surface area contributed by atoms with Crippen molar-refractivity contribution in [3.8, 4) is 11.5 Å². The fourth-order valence-corrected chi connectivity index (χ4v) is 2.45. The van der Waals surface area contributed by atoms with Crippen LogP contribution in [0.2, 0.25) is 0 Å². The molecule has 96 valence electrons. The predicted molar refractivity (Wildman–Crippen MR) is 71.9 cm³/mol. The second-order valence-corrected chi connectivity index (χ2v) is 5.13. The van der Waals surface area contributed by atoms with Crippen LogP contribution in [0.25, 0.3) is 0 Å². The molecule has 2 aromatic rings. The number of phenols is 2. The molecule has 0 aliphatic heterocycles. The summed E-state index contributed by atoms with van der Waals surface area (Å²) in [6.07, 6.45) is 0. The van der Waals surface area contributed by atoms with E-state index >= 15 is 0 Å². The molecule has 1 heterocycles. The van der Waals surface area contributed by atoms with E-state index in [4.69, 9.17) is 0 Å². The molecule has 3 N–H and O–H groups in total. The maximum Gasteiger partial charge on any atom is 0.123 e. The molecule has 1 aromatic heterocycles. The van der Waals surface area contributed by atoms with Crippen LogP contribution in [-0.2, 0) is 6.54 Å². The summed E-state index contributed by atoms with van der Waals surface area (Å²) >= 11 is 1.62. The van der Waals surface area contributed by atoms with Gasteiger partial charge in [0.1, 0.15) is 16.5 Å². The molecule has 5 heteroatoms. The molecule has 0 radical (unpaired) electrons. The van der Waals surface area contributed by atoms with E-state index in [9.17, 15) is 10.2 Å². The van der Waals surface area contributed by atoms with Crippen molar-refractivity contribution in [1.29, 1.82) is 0 Å². The van der Waals surface area contributed by atoms with Crippen LogP contribution in [0, 0.1) is 6.92 Å². The fourth-order valence-electron chi connectivity index (χ4n) is 1.62. The Morgan fingerprint density at radius 3 is 2.78 bits per heavy atom. The van der Waals surface area contributed by atoms with Crippen LogP contribution in [-0.4, -0.2) is 15.2 Å². The zero-order chi connectivity index (χ0) is 13.1. The minimum atomic E-state index is 0.0693. The van der Waals surface area contributed by atoms with Crippen LogP contribution in [0.1, 0.15) is 29.2 Å². The minimum absolute atomic E-state index is 0.0693. The van der Waals surface area contributed by atoms with E-state index in [2.05, 4.69) is 10.3 Å². The number of aryl methyl sites for hydroxylation is 1. The SMILES string of the molecule is Cc1csc(C(C)NCc2ccc(O)cc2O)n1. The molecule has 0 bridgehead atoms. The Kier molecular flexibility index (Phi) is 3.84. The second-order valence-electron chi connectivity index (χ2n) is 4.24. The van der Waals surface area contributed by atoms with Gasteiger partial charge in [-0.05, 0) is 19.9 Å². The molecule has 0 aliphatic carbocycles. The zero-order valence-corrected chi connectivity index (χ0v) is 11.2. The number of rotatable bonds is 4. The van der Waals surface area contributed by atoms with Gasteiger partial charge in [0.2, 0.25) is 0 Å². The van der Waals surface area contributed by atoms with E-state index in [1.165, 1.54) is 6.07 Å². The van der Waals surface area contributed by atoms with Gasteiger partial charge in [-0.25, -0.2) is 4.98 Å². The molecule has 0 spiro atoms. The number of aromatic nitrogens is 1. The van der Waals surface area contributed by atoms with Crippen molar-refractivity contribution in [3.05, 3.63) is 39.8 Å². The Labute approximate surface area is 110 Å². The van der Waals surface area contributed by atoms with Crippen LogP contribution in [0.3, 0.4) is 0 Å². The van der Waals surface area contributed by atoms with Gasteiger partial charge in [-0.15, -0.1) is 11.3 Å². The van der Waals surface area contributed by atoms with Crippen LogP contribution < -0.4 is 5.32 Å². The number of benzene rings is 1. The highest BCUT2D eigenvalue weighted by molar-refractivity contribution is 7.09. The Morgan fingerprint density at radius 2 is 2.17 bits per heavy atom. The van der Waals surface area contributed by atoms with Gasteiger partial charge in [0, 0.05) is 29.2 Å². The number of hydrogen-bond acceptors (Lipinski definition) is 5. The molecule has 18 heavy (non-hydrogen) atoms. The fraction of sp³-hybridized carbons (Fsp3) is 0.308. The summed E-state index contributed by atoms with van der Waals surface area (Å²) in [7, 11) is 0. The summed E-state index contributed by atoms with van der Waals surface area (Å²) in [5.41, 5.74) is 1.78. The molecule has 0 aliphatic rings. The predicted octanol–water partition coefficient (Wildman–Crippen LogP) is 2.71. The third-order valence-corrected chi connectivity index (χ3v) is 3.82. The Hall–Kier alpha value is -1.59. The third-order valence-electron chi connectivity index (χ3n) is 2.67. The van der Waals surface area contributed by atoms with E-state index in [0.717, 1.165) is 16.3 Å². The largest absolute Gasteiger partial charge is 0.508 e. The van der Waals surface area contributed by atoms with Crippen LogP contribution >= 0.6 is 11.3 Å². The van der Waals surface area contributed by atoms with E-state index in [0.29, 0.717) is 6.54 Å². The summed E-state index contributed by atoms with van der Waals surface area (Å²) in [5, 5.41) is 25.2. The summed E-state index contributed by atoms with van der Waals surface area (Å²) in [6.45, 7) is 4.54. The topological polar surface area (TPSA) is 65.4 Å². The van der Waals surface area contributed by atoms with Gasteiger partial charge in [-0.3, -0.25) is 0 Å². The van der Waals surface area contributed by atoms with Crippen LogP contribution in [0.5, 0.6) is 11.5 Å². The van der Waals surface area contributed by atoms with Crippen molar-refractivity contribution in [2.24, 2.45) is 0 Å². The van der Waals surface area contributed by atoms with E-state index in [-0.39, 0.29) is 17.5 Å². The lowest BCUT2D eigenvalue weighted by Gasteiger charge is -2.12. The highest BCUT2D eigenvalue weighted by atomic mass is 32.1. The average Bonchev–Trinajstić information content (AvgIpc) is 2.74. The van der Waals surface area contributed by atoms with Crippen molar-refractivity contribution in [1.82, 2.24) is 10.3 Å². The van der Waals surface area contributed by atoms with Gasteiger partial charge < -0.3 is 15.5 Å². The van der Waals surface area contributed by atoms with Gasteiger partial charge >= 0.3 is 0 Å². The molecule has 2 rings (SSSR count). The monoisotopic (exact) mass is 264 g/mol. The first-order valence-electron chi connectivity index (χ1n) is 5.72.